The van der Waals surface area contributed by atoms with Crippen LogP contribution in [0.4, 0.5) is 5.82 Å². The summed E-state index contributed by atoms with van der Waals surface area (Å²) in [5.41, 5.74) is 2.80. The maximum atomic E-state index is 9.00. The molecule has 0 aliphatic heterocycles. The number of aryl methyl sites for hydroxylation is 2. The van der Waals surface area contributed by atoms with Gasteiger partial charge in [0, 0.05) is 12.2 Å². The van der Waals surface area contributed by atoms with E-state index in [0.717, 1.165) is 30.6 Å². The monoisotopic (exact) mass is 203 g/mol. The molecule has 3 heteroatoms. The third-order valence-electron chi connectivity index (χ3n) is 2.36. The topological polar surface area (TPSA) is 48.7 Å². The lowest BCUT2D eigenvalue weighted by Crippen LogP contribution is -2.06. The Bertz CT molecular complexity index is 377. The summed E-state index contributed by atoms with van der Waals surface area (Å²) in [6, 6.07) is 4.11. The molecule has 1 aromatic rings. The van der Waals surface area contributed by atoms with Crippen LogP contribution in [0.5, 0.6) is 0 Å². The molecule has 3 nitrogen and oxygen atoms in total. The van der Waals surface area contributed by atoms with Gasteiger partial charge in [-0.3, -0.25) is 0 Å². The van der Waals surface area contributed by atoms with Crippen molar-refractivity contribution in [2.75, 3.05) is 11.9 Å². The van der Waals surface area contributed by atoms with Crippen LogP contribution in [0.1, 0.15) is 37.1 Å². The van der Waals surface area contributed by atoms with Crippen molar-refractivity contribution in [3.63, 3.8) is 0 Å². The van der Waals surface area contributed by atoms with E-state index in [1.165, 1.54) is 0 Å². The van der Waals surface area contributed by atoms with Gasteiger partial charge in [0.05, 0.1) is 5.56 Å². The van der Waals surface area contributed by atoms with E-state index >= 15 is 0 Å². The molecule has 0 aliphatic carbocycles. The quantitative estimate of drug-likeness (QED) is 0.818. The highest BCUT2D eigenvalue weighted by Crippen LogP contribution is 2.17. The summed E-state index contributed by atoms with van der Waals surface area (Å²) in [5, 5.41) is 12.2. The lowest BCUT2D eigenvalue weighted by Gasteiger charge is -2.09. The Kier molecular flexibility index (Phi) is 4.11. The molecular weight excluding hydrogens is 186 g/mol. The number of nitriles is 1. The Hall–Kier alpha value is -1.56. The summed E-state index contributed by atoms with van der Waals surface area (Å²) in [4.78, 5) is 4.42. The van der Waals surface area contributed by atoms with E-state index in [9.17, 15) is 0 Å². The second-order valence-electron chi connectivity index (χ2n) is 3.52. The maximum Gasteiger partial charge on any atom is 0.144 e. The molecule has 80 valence electrons. The van der Waals surface area contributed by atoms with Crippen LogP contribution in [-0.4, -0.2) is 11.5 Å². The normalized spacial score (nSPS) is 9.73. The number of nitrogens with zero attached hydrogens (tertiary/aromatic N) is 2. The number of hydrogen-bond donors (Lipinski definition) is 1. The third-order valence-corrected chi connectivity index (χ3v) is 2.36. The van der Waals surface area contributed by atoms with Crippen LogP contribution >= 0.6 is 0 Å². The summed E-state index contributed by atoms with van der Waals surface area (Å²) < 4.78 is 0. The highest BCUT2D eigenvalue weighted by molar-refractivity contribution is 5.54. The van der Waals surface area contributed by atoms with Gasteiger partial charge in [0.1, 0.15) is 11.9 Å². The third kappa shape index (κ3) is 2.69. The first kappa shape index (κ1) is 11.5. The predicted octanol–water partition coefficient (Wildman–Crippen LogP) is 2.65. The predicted molar refractivity (Wildman–Crippen MR) is 61.8 cm³/mol. The lowest BCUT2D eigenvalue weighted by atomic mass is 10.1. The molecule has 0 bridgehead atoms. The van der Waals surface area contributed by atoms with Crippen LogP contribution < -0.4 is 5.32 Å². The summed E-state index contributed by atoms with van der Waals surface area (Å²) in [6.07, 6.45) is 1.95. The minimum atomic E-state index is 0.644. The zero-order valence-electron chi connectivity index (χ0n) is 9.59. The highest BCUT2D eigenvalue weighted by atomic mass is 15.0. The summed E-state index contributed by atoms with van der Waals surface area (Å²) in [7, 11) is 0. The molecule has 0 saturated carbocycles. The van der Waals surface area contributed by atoms with E-state index in [2.05, 4.69) is 30.2 Å². The van der Waals surface area contributed by atoms with Crippen LogP contribution in [0.2, 0.25) is 0 Å². The number of rotatable bonds is 4. The molecule has 1 heterocycles. The minimum absolute atomic E-state index is 0.644. The fourth-order valence-electron chi connectivity index (χ4n) is 1.47. The second-order valence-corrected chi connectivity index (χ2v) is 3.52. The van der Waals surface area contributed by atoms with E-state index in [0.29, 0.717) is 11.4 Å². The van der Waals surface area contributed by atoms with Crippen molar-refractivity contribution in [1.29, 1.82) is 5.26 Å². The first-order valence-electron chi connectivity index (χ1n) is 5.37. The van der Waals surface area contributed by atoms with Gasteiger partial charge in [0.15, 0.2) is 0 Å². The average Bonchev–Trinajstić information content (AvgIpc) is 2.26. The maximum absolute atomic E-state index is 9.00. The SMILES string of the molecule is CCCNc1nc(C)c(CC)cc1C#N. The zero-order chi connectivity index (χ0) is 11.3. The lowest BCUT2D eigenvalue weighted by molar-refractivity contribution is 0.956. The molecule has 0 aromatic carbocycles. The summed E-state index contributed by atoms with van der Waals surface area (Å²) in [6.45, 7) is 7.00. The Morgan fingerprint density at radius 1 is 1.47 bits per heavy atom. The number of aromatic nitrogens is 1. The Morgan fingerprint density at radius 3 is 2.73 bits per heavy atom. The van der Waals surface area contributed by atoms with Gasteiger partial charge in [-0.25, -0.2) is 4.98 Å². The van der Waals surface area contributed by atoms with Gasteiger partial charge < -0.3 is 5.32 Å². The molecule has 15 heavy (non-hydrogen) atoms. The standard InChI is InChI=1S/C12H17N3/c1-4-6-14-12-11(8-13)7-10(5-2)9(3)15-12/h7H,4-6H2,1-3H3,(H,14,15). The molecule has 0 amide bonds. The smallest absolute Gasteiger partial charge is 0.144 e. The van der Waals surface area contributed by atoms with Crippen molar-refractivity contribution in [3.8, 4) is 6.07 Å². The minimum Gasteiger partial charge on any atom is -0.369 e. The molecule has 0 saturated heterocycles. The molecule has 1 N–H and O–H groups in total. The van der Waals surface area contributed by atoms with Crippen LogP contribution in [0, 0.1) is 18.3 Å². The highest BCUT2D eigenvalue weighted by Gasteiger charge is 2.06. The average molecular weight is 203 g/mol. The summed E-state index contributed by atoms with van der Waals surface area (Å²) >= 11 is 0. The van der Waals surface area contributed by atoms with Gasteiger partial charge in [-0.15, -0.1) is 0 Å². The van der Waals surface area contributed by atoms with Crippen LogP contribution in [0.25, 0.3) is 0 Å². The molecule has 0 aliphatic rings. The number of hydrogen-bond acceptors (Lipinski definition) is 3. The van der Waals surface area contributed by atoms with Crippen molar-refractivity contribution in [2.45, 2.75) is 33.6 Å². The van der Waals surface area contributed by atoms with Crippen LogP contribution in [-0.2, 0) is 6.42 Å². The largest absolute Gasteiger partial charge is 0.369 e. The van der Waals surface area contributed by atoms with E-state index in [1.54, 1.807) is 0 Å². The number of nitrogens with one attached hydrogen (secondary N) is 1. The van der Waals surface area contributed by atoms with Gasteiger partial charge in [-0.2, -0.15) is 5.26 Å². The second kappa shape index (κ2) is 5.35. The molecule has 1 rings (SSSR count). The van der Waals surface area contributed by atoms with Crippen molar-refractivity contribution in [3.05, 3.63) is 22.9 Å². The van der Waals surface area contributed by atoms with Gasteiger partial charge in [0.2, 0.25) is 0 Å². The van der Waals surface area contributed by atoms with Crippen LogP contribution in [0.3, 0.4) is 0 Å². The molecule has 0 unspecified atom stereocenters. The van der Waals surface area contributed by atoms with Crippen molar-refractivity contribution < 1.29 is 0 Å². The molecule has 0 radical (unpaired) electrons. The van der Waals surface area contributed by atoms with Gasteiger partial charge in [-0.1, -0.05) is 13.8 Å². The van der Waals surface area contributed by atoms with Crippen LogP contribution in [0.15, 0.2) is 6.07 Å². The molecule has 0 spiro atoms. The fraction of sp³-hybridized carbons (Fsp3) is 0.500. The summed E-state index contributed by atoms with van der Waals surface area (Å²) in [5.74, 6) is 0.717. The van der Waals surface area contributed by atoms with Gasteiger partial charge in [-0.05, 0) is 31.4 Å². The Morgan fingerprint density at radius 2 is 2.20 bits per heavy atom. The van der Waals surface area contributed by atoms with E-state index in [-0.39, 0.29) is 0 Å². The Labute approximate surface area is 91.1 Å². The van der Waals surface area contributed by atoms with Crippen molar-refractivity contribution >= 4 is 5.82 Å². The fourth-order valence-corrected chi connectivity index (χ4v) is 1.47. The first-order valence-corrected chi connectivity index (χ1v) is 5.37. The molecule has 1 aromatic heterocycles. The van der Waals surface area contributed by atoms with E-state index < -0.39 is 0 Å². The Balaban J connectivity index is 3.05. The first-order chi connectivity index (χ1) is 7.22. The zero-order valence-corrected chi connectivity index (χ0v) is 9.59. The molecule has 0 fully saturated rings. The number of pyridine rings is 1. The van der Waals surface area contributed by atoms with E-state index in [4.69, 9.17) is 5.26 Å². The van der Waals surface area contributed by atoms with Gasteiger partial charge >= 0.3 is 0 Å². The molecule has 0 atom stereocenters. The van der Waals surface area contributed by atoms with Crippen molar-refractivity contribution in [1.82, 2.24) is 4.98 Å². The molecular formula is C12H17N3. The van der Waals surface area contributed by atoms with E-state index in [1.807, 2.05) is 13.0 Å². The van der Waals surface area contributed by atoms with Gasteiger partial charge in [0.25, 0.3) is 0 Å². The van der Waals surface area contributed by atoms with Crippen molar-refractivity contribution in [2.24, 2.45) is 0 Å². The number of anilines is 1.